The average molecular weight is 331 g/mol. The maximum absolute atomic E-state index is 12.8. The van der Waals surface area contributed by atoms with Crippen molar-refractivity contribution in [1.82, 2.24) is 5.32 Å². The van der Waals surface area contributed by atoms with E-state index in [4.69, 9.17) is 14.2 Å². The highest BCUT2D eigenvalue weighted by atomic mass is 19.1. The fraction of sp³-hybridized carbons (Fsp3) is 0.278. The minimum Gasteiger partial charge on any atom is -0.486 e. The van der Waals surface area contributed by atoms with Gasteiger partial charge in [-0.25, -0.2) is 4.39 Å². The van der Waals surface area contributed by atoms with Gasteiger partial charge in [-0.2, -0.15) is 0 Å². The Morgan fingerprint density at radius 3 is 2.62 bits per heavy atom. The molecule has 1 aliphatic rings. The summed E-state index contributed by atoms with van der Waals surface area (Å²) in [5.41, 5.74) is 0.911. The van der Waals surface area contributed by atoms with Gasteiger partial charge in [-0.1, -0.05) is 6.07 Å². The van der Waals surface area contributed by atoms with Gasteiger partial charge in [-0.15, -0.1) is 0 Å². The highest BCUT2D eigenvalue weighted by Gasteiger charge is 2.16. The second-order valence-corrected chi connectivity index (χ2v) is 5.43. The maximum Gasteiger partial charge on any atom is 0.258 e. The van der Waals surface area contributed by atoms with E-state index in [1.165, 1.54) is 24.3 Å². The van der Waals surface area contributed by atoms with Crippen LogP contribution in [-0.4, -0.2) is 25.7 Å². The van der Waals surface area contributed by atoms with Crippen LogP contribution in [0.5, 0.6) is 17.2 Å². The monoisotopic (exact) mass is 331 g/mol. The first-order chi connectivity index (χ1) is 11.6. The van der Waals surface area contributed by atoms with Crippen molar-refractivity contribution in [3.63, 3.8) is 0 Å². The van der Waals surface area contributed by atoms with Crippen LogP contribution in [0.3, 0.4) is 0 Å². The van der Waals surface area contributed by atoms with Crippen molar-refractivity contribution < 1.29 is 23.4 Å². The molecule has 0 bridgehead atoms. The molecule has 0 saturated carbocycles. The summed E-state index contributed by atoms with van der Waals surface area (Å²) in [6.07, 6.45) is 0. The number of rotatable bonds is 5. The number of benzene rings is 2. The van der Waals surface area contributed by atoms with Gasteiger partial charge in [0.05, 0.1) is 6.04 Å². The Hall–Kier alpha value is -2.76. The van der Waals surface area contributed by atoms with E-state index >= 15 is 0 Å². The van der Waals surface area contributed by atoms with Gasteiger partial charge in [0.2, 0.25) is 0 Å². The second kappa shape index (κ2) is 7.21. The van der Waals surface area contributed by atoms with Crippen molar-refractivity contribution in [2.24, 2.45) is 0 Å². The molecular formula is C18H18FNO4. The molecule has 1 aliphatic heterocycles. The molecule has 0 spiro atoms. The Bertz CT molecular complexity index is 717. The van der Waals surface area contributed by atoms with Crippen molar-refractivity contribution >= 4 is 5.91 Å². The van der Waals surface area contributed by atoms with Crippen LogP contribution in [-0.2, 0) is 4.79 Å². The molecule has 1 atom stereocenters. The average Bonchev–Trinajstić information content (AvgIpc) is 2.61. The van der Waals surface area contributed by atoms with Crippen LogP contribution in [0.25, 0.3) is 0 Å². The predicted octanol–water partition coefficient (Wildman–Crippen LogP) is 2.85. The third-order valence-corrected chi connectivity index (χ3v) is 3.63. The standard InChI is InChI=1S/C18H18FNO4/c1-12(13-2-7-16-17(10-13)23-9-8-22-16)20-18(21)11-24-15-5-3-14(19)4-6-15/h2-7,10,12H,8-9,11H2,1H3,(H,20,21). The summed E-state index contributed by atoms with van der Waals surface area (Å²) >= 11 is 0. The highest BCUT2D eigenvalue weighted by Crippen LogP contribution is 2.32. The van der Waals surface area contributed by atoms with E-state index in [0.29, 0.717) is 30.5 Å². The molecule has 0 fully saturated rings. The van der Waals surface area contributed by atoms with Crippen LogP contribution in [0.4, 0.5) is 4.39 Å². The molecule has 0 aromatic heterocycles. The van der Waals surface area contributed by atoms with Crippen molar-refractivity contribution in [1.29, 1.82) is 0 Å². The largest absolute Gasteiger partial charge is 0.486 e. The molecule has 2 aromatic carbocycles. The van der Waals surface area contributed by atoms with Gasteiger partial charge in [-0.05, 0) is 48.9 Å². The van der Waals surface area contributed by atoms with E-state index < -0.39 is 0 Å². The number of hydrogen-bond donors (Lipinski definition) is 1. The van der Waals surface area contributed by atoms with Gasteiger partial charge < -0.3 is 19.5 Å². The zero-order valence-electron chi connectivity index (χ0n) is 13.3. The summed E-state index contributed by atoms with van der Waals surface area (Å²) in [4.78, 5) is 12.0. The molecule has 1 N–H and O–H groups in total. The SMILES string of the molecule is CC(NC(=O)COc1ccc(F)cc1)c1ccc2c(c1)OCCO2. The Balaban J connectivity index is 1.55. The maximum atomic E-state index is 12.8. The topological polar surface area (TPSA) is 56.8 Å². The Morgan fingerprint density at radius 1 is 1.17 bits per heavy atom. The van der Waals surface area contributed by atoms with E-state index in [9.17, 15) is 9.18 Å². The van der Waals surface area contributed by atoms with Crippen LogP contribution >= 0.6 is 0 Å². The van der Waals surface area contributed by atoms with Crippen molar-refractivity contribution in [3.05, 3.63) is 53.8 Å². The van der Waals surface area contributed by atoms with E-state index in [1.807, 2.05) is 25.1 Å². The molecule has 126 valence electrons. The summed E-state index contributed by atoms with van der Waals surface area (Å²) < 4.78 is 29.2. The minimum absolute atomic E-state index is 0.138. The highest BCUT2D eigenvalue weighted by molar-refractivity contribution is 5.78. The first kappa shape index (κ1) is 16.1. The summed E-state index contributed by atoms with van der Waals surface area (Å²) in [5, 5.41) is 2.85. The summed E-state index contributed by atoms with van der Waals surface area (Å²) in [6, 6.07) is 10.9. The lowest BCUT2D eigenvalue weighted by molar-refractivity contribution is -0.123. The summed E-state index contributed by atoms with van der Waals surface area (Å²) in [5.74, 6) is 1.23. The lowest BCUT2D eigenvalue weighted by Crippen LogP contribution is -2.31. The molecule has 1 unspecified atom stereocenters. The number of halogens is 1. The van der Waals surface area contributed by atoms with Crippen molar-refractivity contribution in [2.75, 3.05) is 19.8 Å². The van der Waals surface area contributed by atoms with Crippen LogP contribution in [0, 0.1) is 5.82 Å². The van der Waals surface area contributed by atoms with E-state index in [0.717, 1.165) is 5.56 Å². The van der Waals surface area contributed by atoms with Gasteiger partial charge in [0.1, 0.15) is 24.8 Å². The van der Waals surface area contributed by atoms with E-state index in [1.54, 1.807) is 0 Å². The number of carbonyl (C=O) groups is 1. The second-order valence-electron chi connectivity index (χ2n) is 5.43. The molecule has 6 heteroatoms. The molecule has 24 heavy (non-hydrogen) atoms. The fourth-order valence-electron chi connectivity index (χ4n) is 2.38. The Kier molecular flexibility index (Phi) is 4.84. The Labute approximate surface area is 139 Å². The van der Waals surface area contributed by atoms with E-state index in [-0.39, 0.29) is 24.4 Å². The molecule has 5 nitrogen and oxygen atoms in total. The molecule has 3 rings (SSSR count). The summed E-state index contributed by atoms with van der Waals surface area (Å²) in [6.45, 7) is 2.80. The van der Waals surface area contributed by atoms with Crippen LogP contribution < -0.4 is 19.5 Å². The van der Waals surface area contributed by atoms with Gasteiger partial charge in [-0.3, -0.25) is 4.79 Å². The fourth-order valence-corrected chi connectivity index (χ4v) is 2.38. The van der Waals surface area contributed by atoms with Crippen molar-refractivity contribution in [2.45, 2.75) is 13.0 Å². The number of hydrogen-bond acceptors (Lipinski definition) is 4. The third-order valence-electron chi connectivity index (χ3n) is 3.63. The zero-order chi connectivity index (χ0) is 16.9. The first-order valence-electron chi connectivity index (χ1n) is 7.69. The van der Waals surface area contributed by atoms with Crippen LogP contribution in [0.15, 0.2) is 42.5 Å². The lowest BCUT2D eigenvalue weighted by Gasteiger charge is -2.21. The lowest BCUT2D eigenvalue weighted by atomic mass is 10.1. The van der Waals surface area contributed by atoms with Crippen molar-refractivity contribution in [3.8, 4) is 17.2 Å². The molecule has 0 aliphatic carbocycles. The molecular weight excluding hydrogens is 313 g/mol. The Morgan fingerprint density at radius 2 is 1.88 bits per heavy atom. The normalized spacial score (nSPS) is 13.9. The minimum atomic E-state index is -0.348. The van der Waals surface area contributed by atoms with Crippen LogP contribution in [0.2, 0.25) is 0 Å². The van der Waals surface area contributed by atoms with E-state index in [2.05, 4.69) is 5.32 Å². The smallest absolute Gasteiger partial charge is 0.258 e. The number of amides is 1. The zero-order valence-corrected chi connectivity index (χ0v) is 13.3. The number of carbonyl (C=O) groups excluding carboxylic acids is 1. The van der Waals surface area contributed by atoms with Gasteiger partial charge in [0, 0.05) is 0 Å². The molecule has 0 radical (unpaired) electrons. The molecule has 0 saturated heterocycles. The number of ether oxygens (including phenoxy) is 3. The van der Waals surface area contributed by atoms with Crippen LogP contribution in [0.1, 0.15) is 18.5 Å². The number of nitrogens with one attached hydrogen (secondary N) is 1. The first-order valence-corrected chi connectivity index (χ1v) is 7.69. The number of fused-ring (bicyclic) bond motifs is 1. The molecule has 1 amide bonds. The van der Waals surface area contributed by atoms with Gasteiger partial charge in [0.25, 0.3) is 5.91 Å². The third kappa shape index (κ3) is 3.95. The predicted molar refractivity (Wildman–Crippen MR) is 85.9 cm³/mol. The van der Waals surface area contributed by atoms with Gasteiger partial charge >= 0.3 is 0 Å². The summed E-state index contributed by atoms with van der Waals surface area (Å²) in [7, 11) is 0. The van der Waals surface area contributed by atoms with Gasteiger partial charge in [0.15, 0.2) is 18.1 Å². The quantitative estimate of drug-likeness (QED) is 0.915. The molecule has 1 heterocycles. The molecule has 2 aromatic rings.